The minimum absolute atomic E-state index is 0.895. The lowest BCUT2D eigenvalue weighted by molar-refractivity contribution is 1.18. The van der Waals surface area contributed by atoms with Crippen LogP contribution < -0.4 is 0 Å². The van der Waals surface area contributed by atoms with Gasteiger partial charge in [-0.1, -0.05) is 110 Å². The van der Waals surface area contributed by atoms with E-state index < -0.39 is 0 Å². The molecule has 0 saturated heterocycles. The molecular weight excluding hydrogens is 388 g/mol. The Morgan fingerprint density at radius 1 is 0.656 bits per heavy atom. The molecule has 1 aromatic heterocycles. The number of allylic oxidation sites excluding steroid dienone is 10. The van der Waals surface area contributed by atoms with Gasteiger partial charge in [-0.3, -0.25) is 0 Å². The molecule has 3 rings (SSSR count). The molecule has 2 heteroatoms. The van der Waals surface area contributed by atoms with E-state index in [9.17, 15) is 0 Å². The summed E-state index contributed by atoms with van der Waals surface area (Å²) in [6.07, 6.45) is 17.5. The first kappa shape index (κ1) is 22.6. The summed E-state index contributed by atoms with van der Waals surface area (Å²) in [6.45, 7) is 11.6. The van der Waals surface area contributed by atoms with Gasteiger partial charge >= 0.3 is 0 Å². The van der Waals surface area contributed by atoms with E-state index in [0.717, 1.165) is 44.8 Å². The number of aromatic nitrogens is 2. The molecule has 0 amide bonds. The van der Waals surface area contributed by atoms with Crippen molar-refractivity contribution < 1.29 is 0 Å². The Bertz CT molecular complexity index is 1100. The van der Waals surface area contributed by atoms with Gasteiger partial charge in [-0.2, -0.15) is 0 Å². The Morgan fingerprint density at radius 3 is 1.41 bits per heavy atom. The fourth-order valence-electron chi connectivity index (χ4n) is 3.45. The lowest BCUT2D eigenvalue weighted by atomic mass is 10.00. The average Bonchev–Trinajstić information content (AvgIpc) is 2.84. The van der Waals surface area contributed by atoms with Gasteiger partial charge in [-0.25, -0.2) is 9.97 Å². The molecule has 0 saturated carbocycles. The van der Waals surface area contributed by atoms with Gasteiger partial charge in [0.25, 0.3) is 0 Å². The SMILES string of the molecule is C=C/C=C(\C=C/C)c1ccc(-c2cc(-c3ccc(C(/C=C\C)=C/C=C)cc3)ncn2)cc1. The summed E-state index contributed by atoms with van der Waals surface area (Å²) >= 11 is 0. The van der Waals surface area contributed by atoms with E-state index in [1.807, 2.05) is 44.2 Å². The van der Waals surface area contributed by atoms with Gasteiger partial charge in [-0.05, 0) is 42.2 Å². The highest BCUT2D eigenvalue weighted by Crippen LogP contribution is 2.26. The van der Waals surface area contributed by atoms with Crippen LogP contribution in [0, 0.1) is 0 Å². The van der Waals surface area contributed by atoms with Crippen LogP contribution in [0.3, 0.4) is 0 Å². The normalized spacial score (nSPS) is 12.4. The van der Waals surface area contributed by atoms with Crippen LogP contribution in [-0.2, 0) is 0 Å². The van der Waals surface area contributed by atoms with E-state index in [2.05, 4.69) is 83.8 Å². The Morgan fingerprint density at radius 2 is 1.06 bits per heavy atom. The van der Waals surface area contributed by atoms with Gasteiger partial charge in [0.05, 0.1) is 11.4 Å². The van der Waals surface area contributed by atoms with Gasteiger partial charge in [0.2, 0.25) is 0 Å². The summed E-state index contributed by atoms with van der Waals surface area (Å²) in [4.78, 5) is 8.98. The molecule has 3 aromatic rings. The Labute approximate surface area is 191 Å². The monoisotopic (exact) mass is 416 g/mol. The van der Waals surface area contributed by atoms with E-state index in [4.69, 9.17) is 0 Å². The van der Waals surface area contributed by atoms with Crippen LogP contribution in [0.2, 0.25) is 0 Å². The van der Waals surface area contributed by atoms with Crippen molar-refractivity contribution in [2.45, 2.75) is 13.8 Å². The van der Waals surface area contributed by atoms with E-state index in [1.165, 1.54) is 0 Å². The zero-order chi connectivity index (χ0) is 22.8. The maximum Gasteiger partial charge on any atom is 0.116 e. The van der Waals surface area contributed by atoms with Crippen LogP contribution >= 0.6 is 0 Å². The average molecular weight is 417 g/mol. The molecule has 2 nitrogen and oxygen atoms in total. The summed E-state index contributed by atoms with van der Waals surface area (Å²) in [5.74, 6) is 0. The highest BCUT2D eigenvalue weighted by Gasteiger charge is 2.06. The van der Waals surface area contributed by atoms with Crippen molar-refractivity contribution in [3.8, 4) is 22.5 Å². The minimum atomic E-state index is 0.895. The Balaban J connectivity index is 1.89. The summed E-state index contributed by atoms with van der Waals surface area (Å²) in [6, 6.07) is 18.8. The van der Waals surface area contributed by atoms with Crippen molar-refractivity contribution >= 4 is 11.1 Å². The van der Waals surface area contributed by atoms with Crippen LogP contribution in [0.4, 0.5) is 0 Å². The van der Waals surface area contributed by atoms with Crippen molar-refractivity contribution in [3.63, 3.8) is 0 Å². The first-order valence-corrected chi connectivity index (χ1v) is 10.6. The largest absolute Gasteiger partial charge is 0.236 e. The standard InChI is InChI=1S/C30H28N2/c1-5-9-23(10-6-2)25-13-17-27(18-14-25)29-21-30(32-22-31-29)28-19-15-26(16-20-28)24(11-7-3)12-8-4/h5-22H,1,3H2,2,4H3/b10-6-,12-8-,23-9+,24-11+. The molecule has 158 valence electrons. The fraction of sp³-hybridized carbons (Fsp3) is 0.0667. The van der Waals surface area contributed by atoms with E-state index >= 15 is 0 Å². The molecule has 0 aliphatic heterocycles. The van der Waals surface area contributed by atoms with Crippen molar-refractivity contribution in [2.24, 2.45) is 0 Å². The summed E-state index contributed by atoms with van der Waals surface area (Å²) in [5.41, 5.74) is 8.43. The summed E-state index contributed by atoms with van der Waals surface area (Å²) in [7, 11) is 0. The van der Waals surface area contributed by atoms with Crippen LogP contribution in [0.1, 0.15) is 25.0 Å². The minimum Gasteiger partial charge on any atom is -0.236 e. The molecule has 2 aromatic carbocycles. The van der Waals surface area contributed by atoms with Gasteiger partial charge in [0.1, 0.15) is 6.33 Å². The van der Waals surface area contributed by atoms with Crippen molar-refractivity contribution in [1.82, 2.24) is 9.97 Å². The van der Waals surface area contributed by atoms with E-state index in [-0.39, 0.29) is 0 Å². The number of benzene rings is 2. The molecule has 0 atom stereocenters. The van der Waals surface area contributed by atoms with Crippen molar-refractivity contribution in [2.75, 3.05) is 0 Å². The molecule has 0 aliphatic rings. The molecule has 0 N–H and O–H groups in total. The predicted molar refractivity (Wildman–Crippen MR) is 139 cm³/mol. The van der Waals surface area contributed by atoms with E-state index in [1.54, 1.807) is 18.5 Å². The third-order valence-electron chi connectivity index (χ3n) is 4.98. The number of rotatable bonds is 8. The summed E-state index contributed by atoms with van der Waals surface area (Å²) < 4.78 is 0. The molecular formula is C30H28N2. The van der Waals surface area contributed by atoms with Crippen molar-refractivity contribution in [1.29, 1.82) is 0 Å². The molecule has 0 bridgehead atoms. The molecule has 0 aliphatic carbocycles. The molecule has 0 radical (unpaired) electrons. The number of nitrogens with zero attached hydrogens (tertiary/aromatic N) is 2. The highest BCUT2D eigenvalue weighted by molar-refractivity contribution is 5.78. The van der Waals surface area contributed by atoms with Gasteiger partial charge in [0, 0.05) is 11.1 Å². The first-order chi connectivity index (χ1) is 15.7. The smallest absolute Gasteiger partial charge is 0.116 e. The summed E-state index contributed by atoms with van der Waals surface area (Å²) in [5, 5.41) is 0. The van der Waals surface area contributed by atoms with Crippen LogP contribution in [-0.4, -0.2) is 9.97 Å². The van der Waals surface area contributed by atoms with Crippen molar-refractivity contribution in [3.05, 3.63) is 134 Å². The molecule has 0 spiro atoms. The van der Waals surface area contributed by atoms with Gasteiger partial charge in [-0.15, -0.1) is 0 Å². The van der Waals surface area contributed by atoms with Crippen LogP contribution in [0.5, 0.6) is 0 Å². The third kappa shape index (κ3) is 5.55. The molecule has 1 heterocycles. The van der Waals surface area contributed by atoms with Crippen LogP contribution in [0.25, 0.3) is 33.7 Å². The van der Waals surface area contributed by atoms with Gasteiger partial charge in [0.15, 0.2) is 0 Å². The molecule has 0 unspecified atom stereocenters. The first-order valence-electron chi connectivity index (χ1n) is 10.6. The van der Waals surface area contributed by atoms with Gasteiger partial charge < -0.3 is 0 Å². The highest BCUT2D eigenvalue weighted by atomic mass is 14.8. The number of hydrogen-bond donors (Lipinski definition) is 0. The second-order valence-corrected chi connectivity index (χ2v) is 7.16. The third-order valence-corrected chi connectivity index (χ3v) is 4.98. The lowest BCUT2D eigenvalue weighted by Crippen LogP contribution is -1.90. The zero-order valence-electron chi connectivity index (χ0n) is 18.7. The topological polar surface area (TPSA) is 25.8 Å². The molecule has 0 fully saturated rings. The lowest BCUT2D eigenvalue weighted by Gasteiger charge is -2.08. The quantitative estimate of drug-likeness (QED) is 0.347. The molecule has 32 heavy (non-hydrogen) atoms. The second kappa shape index (κ2) is 11.4. The fourth-order valence-corrected chi connectivity index (χ4v) is 3.45. The Hall–Kier alpha value is -4.04. The maximum absolute atomic E-state index is 4.49. The Kier molecular flexibility index (Phi) is 8.05. The predicted octanol–water partition coefficient (Wildman–Crippen LogP) is 8.10. The second-order valence-electron chi connectivity index (χ2n) is 7.16. The van der Waals surface area contributed by atoms with E-state index in [0.29, 0.717) is 0 Å². The van der Waals surface area contributed by atoms with Crippen LogP contribution in [0.15, 0.2) is 123 Å². The zero-order valence-corrected chi connectivity index (χ0v) is 18.7. The maximum atomic E-state index is 4.49. The number of hydrogen-bond acceptors (Lipinski definition) is 2.